The number of sulfonamides is 1. The number of aliphatic hydroxyl groups is 1. The Kier molecular flexibility index (Phi) is 4.92. The molecule has 0 radical (unpaired) electrons. The summed E-state index contributed by atoms with van der Waals surface area (Å²) in [6.07, 6.45) is 0.554. The van der Waals surface area contributed by atoms with Crippen molar-refractivity contribution in [3.63, 3.8) is 0 Å². The number of rotatable bonds is 6. The van der Waals surface area contributed by atoms with Crippen LogP contribution in [-0.2, 0) is 16.4 Å². The fourth-order valence-corrected chi connectivity index (χ4v) is 3.70. The van der Waals surface area contributed by atoms with Crippen molar-refractivity contribution in [1.29, 1.82) is 0 Å². The quantitative estimate of drug-likeness (QED) is 0.849. The molecule has 2 N–H and O–H groups in total. The molecule has 1 aromatic carbocycles. The van der Waals surface area contributed by atoms with Gasteiger partial charge in [0.25, 0.3) is 10.0 Å². The van der Waals surface area contributed by atoms with E-state index in [9.17, 15) is 13.5 Å². The van der Waals surface area contributed by atoms with Gasteiger partial charge in [-0.3, -0.25) is 4.72 Å². The Labute approximate surface area is 127 Å². The number of nitrogens with one attached hydrogen (secondary N) is 1. The van der Waals surface area contributed by atoms with Crippen LogP contribution in [0.1, 0.15) is 36.9 Å². The van der Waals surface area contributed by atoms with E-state index < -0.39 is 16.1 Å². The minimum Gasteiger partial charge on any atom is -0.388 e. The lowest BCUT2D eigenvalue weighted by molar-refractivity contribution is 0.173. The molecule has 2 rings (SSSR count). The molecule has 1 atom stereocenters. The molecule has 2 aromatic rings. The molecule has 0 bridgehead atoms. The smallest absolute Gasteiger partial charge is 0.263 e. The summed E-state index contributed by atoms with van der Waals surface area (Å²) < 4.78 is 27.0. The van der Waals surface area contributed by atoms with Gasteiger partial charge in [0.15, 0.2) is 0 Å². The molecule has 0 saturated heterocycles. The topological polar surface area (TPSA) is 92.2 Å². The second kappa shape index (κ2) is 6.50. The number of anilines is 1. The van der Waals surface area contributed by atoms with Crippen LogP contribution >= 0.6 is 11.3 Å². The molecule has 1 heterocycles. The van der Waals surface area contributed by atoms with Gasteiger partial charge in [0.1, 0.15) is 5.01 Å². The Morgan fingerprint density at radius 2 is 2.10 bits per heavy atom. The summed E-state index contributed by atoms with van der Waals surface area (Å²) in [7, 11) is -3.73. The Balaban J connectivity index is 2.26. The van der Waals surface area contributed by atoms with E-state index in [1.807, 2.05) is 13.8 Å². The summed E-state index contributed by atoms with van der Waals surface area (Å²) in [6.45, 7) is 3.76. The van der Waals surface area contributed by atoms with Gasteiger partial charge < -0.3 is 5.11 Å². The van der Waals surface area contributed by atoms with E-state index in [-0.39, 0.29) is 10.0 Å². The molecule has 0 aliphatic carbocycles. The molecule has 0 spiro atoms. The van der Waals surface area contributed by atoms with Crippen LogP contribution in [0.4, 0.5) is 5.13 Å². The van der Waals surface area contributed by atoms with E-state index >= 15 is 0 Å². The van der Waals surface area contributed by atoms with Crippen LogP contribution in [0, 0.1) is 0 Å². The SMILES string of the molecule is CCc1nnc(NS(=O)(=O)c2cccc(C(O)CC)c2)s1. The highest BCUT2D eigenvalue weighted by Gasteiger charge is 2.18. The molecule has 0 fully saturated rings. The minimum atomic E-state index is -3.73. The first kappa shape index (κ1) is 15.9. The Morgan fingerprint density at radius 3 is 2.71 bits per heavy atom. The van der Waals surface area contributed by atoms with Gasteiger partial charge in [0, 0.05) is 0 Å². The van der Waals surface area contributed by atoms with Crippen LogP contribution in [0.25, 0.3) is 0 Å². The number of hydrogen-bond donors (Lipinski definition) is 2. The van der Waals surface area contributed by atoms with Crippen molar-refractivity contribution in [2.45, 2.75) is 37.7 Å². The van der Waals surface area contributed by atoms with Gasteiger partial charge >= 0.3 is 0 Å². The number of aliphatic hydroxyl groups excluding tert-OH is 1. The normalized spacial score (nSPS) is 13.1. The highest BCUT2D eigenvalue weighted by atomic mass is 32.2. The lowest BCUT2D eigenvalue weighted by Crippen LogP contribution is -2.13. The number of aryl methyl sites for hydroxylation is 1. The van der Waals surface area contributed by atoms with E-state index in [1.165, 1.54) is 23.5 Å². The lowest BCUT2D eigenvalue weighted by atomic mass is 10.1. The summed E-state index contributed by atoms with van der Waals surface area (Å²) in [6, 6.07) is 6.27. The highest BCUT2D eigenvalue weighted by Crippen LogP contribution is 2.23. The fourth-order valence-electron chi connectivity index (χ4n) is 1.74. The first-order chi connectivity index (χ1) is 9.96. The van der Waals surface area contributed by atoms with Gasteiger partial charge in [0.2, 0.25) is 5.13 Å². The minimum absolute atomic E-state index is 0.0979. The zero-order valence-corrected chi connectivity index (χ0v) is 13.4. The number of nitrogens with zero attached hydrogens (tertiary/aromatic N) is 2. The second-order valence-electron chi connectivity index (χ2n) is 4.46. The number of hydrogen-bond acceptors (Lipinski definition) is 6. The summed E-state index contributed by atoms with van der Waals surface area (Å²) in [5.74, 6) is 0. The van der Waals surface area contributed by atoms with Crippen molar-refractivity contribution in [2.24, 2.45) is 0 Å². The molecule has 1 aromatic heterocycles. The van der Waals surface area contributed by atoms with Gasteiger partial charge in [-0.1, -0.05) is 37.3 Å². The molecule has 0 saturated carbocycles. The Hall–Kier alpha value is -1.51. The van der Waals surface area contributed by atoms with Crippen molar-refractivity contribution in [2.75, 3.05) is 4.72 Å². The number of aromatic nitrogens is 2. The molecule has 114 valence electrons. The zero-order chi connectivity index (χ0) is 15.5. The number of benzene rings is 1. The summed E-state index contributed by atoms with van der Waals surface area (Å²) in [4.78, 5) is 0.0979. The maximum atomic E-state index is 12.3. The average molecular weight is 327 g/mol. The fraction of sp³-hybridized carbons (Fsp3) is 0.385. The van der Waals surface area contributed by atoms with Crippen LogP contribution < -0.4 is 4.72 Å². The van der Waals surface area contributed by atoms with E-state index in [4.69, 9.17) is 0 Å². The largest absolute Gasteiger partial charge is 0.388 e. The summed E-state index contributed by atoms with van der Waals surface area (Å²) in [5, 5.41) is 18.5. The predicted octanol–water partition coefficient (Wildman–Crippen LogP) is 2.34. The molecule has 1 unspecified atom stereocenters. The maximum absolute atomic E-state index is 12.3. The lowest BCUT2D eigenvalue weighted by Gasteiger charge is -2.10. The second-order valence-corrected chi connectivity index (χ2v) is 7.20. The van der Waals surface area contributed by atoms with Gasteiger partial charge in [0.05, 0.1) is 11.0 Å². The first-order valence-electron chi connectivity index (χ1n) is 6.59. The van der Waals surface area contributed by atoms with Crippen molar-refractivity contribution >= 4 is 26.5 Å². The zero-order valence-electron chi connectivity index (χ0n) is 11.8. The van der Waals surface area contributed by atoms with Gasteiger partial charge in [-0.15, -0.1) is 10.2 Å². The van der Waals surface area contributed by atoms with Crippen molar-refractivity contribution in [3.05, 3.63) is 34.8 Å². The van der Waals surface area contributed by atoms with Gasteiger partial charge in [-0.05, 0) is 30.5 Å². The third kappa shape index (κ3) is 3.78. The van der Waals surface area contributed by atoms with Crippen molar-refractivity contribution in [1.82, 2.24) is 10.2 Å². The van der Waals surface area contributed by atoms with Gasteiger partial charge in [-0.2, -0.15) is 0 Å². The van der Waals surface area contributed by atoms with Gasteiger partial charge in [-0.25, -0.2) is 8.42 Å². The monoisotopic (exact) mass is 327 g/mol. The Bertz CT molecular complexity index is 713. The predicted molar refractivity (Wildman–Crippen MR) is 81.8 cm³/mol. The highest BCUT2D eigenvalue weighted by molar-refractivity contribution is 7.93. The first-order valence-corrected chi connectivity index (χ1v) is 8.89. The standard InChI is InChI=1S/C13H17N3O3S2/c1-3-11(17)9-6-5-7-10(8-9)21(18,19)16-13-15-14-12(4-2)20-13/h5-8,11,17H,3-4H2,1-2H3,(H,15,16). The van der Waals surface area contributed by atoms with Crippen molar-refractivity contribution < 1.29 is 13.5 Å². The van der Waals surface area contributed by atoms with E-state index in [2.05, 4.69) is 14.9 Å². The van der Waals surface area contributed by atoms with Crippen LogP contribution in [0.5, 0.6) is 0 Å². The van der Waals surface area contributed by atoms with E-state index in [1.54, 1.807) is 12.1 Å². The molecular weight excluding hydrogens is 310 g/mol. The van der Waals surface area contributed by atoms with Crippen LogP contribution in [0.2, 0.25) is 0 Å². The maximum Gasteiger partial charge on any atom is 0.263 e. The molecule has 0 aliphatic heterocycles. The van der Waals surface area contributed by atoms with Crippen LogP contribution in [0.3, 0.4) is 0 Å². The summed E-state index contributed by atoms with van der Waals surface area (Å²) >= 11 is 1.21. The van der Waals surface area contributed by atoms with Crippen molar-refractivity contribution in [3.8, 4) is 0 Å². The summed E-state index contributed by atoms with van der Waals surface area (Å²) in [5.41, 5.74) is 0.576. The molecule has 8 heteroatoms. The Morgan fingerprint density at radius 1 is 1.33 bits per heavy atom. The molecule has 0 aliphatic rings. The third-order valence-electron chi connectivity index (χ3n) is 2.93. The van der Waals surface area contributed by atoms with Crippen LogP contribution in [-0.4, -0.2) is 23.7 Å². The third-order valence-corrected chi connectivity index (χ3v) is 5.38. The van der Waals surface area contributed by atoms with Crippen LogP contribution in [0.15, 0.2) is 29.2 Å². The molecule has 0 amide bonds. The molecule has 21 heavy (non-hydrogen) atoms. The van der Waals surface area contributed by atoms with E-state index in [0.29, 0.717) is 18.4 Å². The van der Waals surface area contributed by atoms with E-state index in [0.717, 1.165) is 5.01 Å². The molecular formula is C13H17N3O3S2. The average Bonchev–Trinajstić information content (AvgIpc) is 2.93. The molecule has 6 nitrogen and oxygen atoms in total.